The molecular weight excluding hydrogens is 358 g/mol. The standard InChI is InChI=1S/C22H21NO3S/c1-3-26-22(25)20-19(17-12-8-5-9-13-17)15(2)27-21(20)23-18(24)14-16-10-6-4-7-11-16/h4-13H,3,14H2,1-2H3,(H,23,24). The zero-order chi connectivity index (χ0) is 19.2. The molecule has 4 nitrogen and oxygen atoms in total. The molecule has 27 heavy (non-hydrogen) atoms. The molecule has 2 aromatic carbocycles. The highest BCUT2D eigenvalue weighted by atomic mass is 32.1. The van der Waals surface area contributed by atoms with Crippen molar-refractivity contribution in [1.29, 1.82) is 0 Å². The Labute approximate surface area is 162 Å². The summed E-state index contributed by atoms with van der Waals surface area (Å²) in [6.07, 6.45) is 0.251. The average Bonchev–Trinajstić information content (AvgIpc) is 2.99. The lowest BCUT2D eigenvalue weighted by molar-refractivity contribution is -0.115. The molecule has 1 heterocycles. The molecule has 5 heteroatoms. The van der Waals surface area contributed by atoms with Crippen molar-refractivity contribution >= 4 is 28.2 Å². The van der Waals surface area contributed by atoms with Crippen LogP contribution in [0.15, 0.2) is 60.7 Å². The van der Waals surface area contributed by atoms with Crippen LogP contribution in [0.3, 0.4) is 0 Å². The fourth-order valence-electron chi connectivity index (χ4n) is 2.94. The van der Waals surface area contributed by atoms with Crippen LogP contribution in [0.5, 0.6) is 0 Å². The molecular formula is C22H21NO3S. The molecule has 0 saturated carbocycles. The van der Waals surface area contributed by atoms with E-state index in [1.807, 2.05) is 67.6 Å². The third-order valence-corrected chi connectivity index (χ3v) is 5.11. The summed E-state index contributed by atoms with van der Waals surface area (Å²) in [7, 11) is 0. The number of anilines is 1. The van der Waals surface area contributed by atoms with Crippen molar-refractivity contribution in [2.24, 2.45) is 0 Å². The van der Waals surface area contributed by atoms with Crippen molar-refractivity contribution in [2.75, 3.05) is 11.9 Å². The fraction of sp³-hybridized carbons (Fsp3) is 0.182. The van der Waals surface area contributed by atoms with E-state index in [-0.39, 0.29) is 18.9 Å². The molecule has 0 aliphatic carbocycles. The monoisotopic (exact) mass is 379 g/mol. The minimum absolute atomic E-state index is 0.160. The van der Waals surface area contributed by atoms with Crippen LogP contribution in [0, 0.1) is 6.92 Å². The van der Waals surface area contributed by atoms with Crippen LogP contribution in [0.25, 0.3) is 11.1 Å². The molecule has 0 spiro atoms. The van der Waals surface area contributed by atoms with Crippen LogP contribution >= 0.6 is 11.3 Å². The number of carbonyl (C=O) groups is 2. The number of benzene rings is 2. The van der Waals surface area contributed by atoms with Gasteiger partial charge in [-0.15, -0.1) is 11.3 Å². The Bertz CT molecular complexity index is 933. The van der Waals surface area contributed by atoms with E-state index in [1.165, 1.54) is 11.3 Å². The van der Waals surface area contributed by atoms with Crippen LogP contribution in [-0.2, 0) is 16.0 Å². The van der Waals surface area contributed by atoms with Crippen molar-refractivity contribution in [3.05, 3.63) is 76.7 Å². The first kappa shape index (κ1) is 18.9. The van der Waals surface area contributed by atoms with Crippen molar-refractivity contribution in [2.45, 2.75) is 20.3 Å². The number of amides is 1. The van der Waals surface area contributed by atoms with E-state index < -0.39 is 5.97 Å². The molecule has 0 unspecified atom stereocenters. The number of hydrogen-bond donors (Lipinski definition) is 1. The Morgan fingerprint density at radius 3 is 2.26 bits per heavy atom. The Morgan fingerprint density at radius 1 is 1.00 bits per heavy atom. The number of nitrogens with one attached hydrogen (secondary N) is 1. The second-order valence-electron chi connectivity index (χ2n) is 6.03. The molecule has 3 rings (SSSR count). The molecule has 0 aliphatic heterocycles. The SMILES string of the molecule is CCOC(=O)c1c(NC(=O)Cc2ccccc2)sc(C)c1-c1ccccc1. The largest absolute Gasteiger partial charge is 0.462 e. The van der Waals surface area contributed by atoms with E-state index >= 15 is 0 Å². The average molecular weight is 379 g/mol. The Balaban J connectivity index is 1.95. The minimum Gasteiger partial charge on any atom is -0.462 e. The van der Waals surface area contributed by atoms with Crippen LogP contribution in [0.1, 0.15) is 27.7 Å². The van der Waals surface area contributed by atoms with E-state index in [1.54, 1.807) is 6.92 Å². The molecule has 0 fully saturated rings. The van der Waals surface area contributed by atoms with Crippen LogP contribution in [-0.4, -0.2) is 18.5 Å². The first-order valence-corrected chi connectivity index (χ1v) is 9.61. The summed E-state index contributed by atoms with van der Waals surface area (Å²) < 4.78 is 5.26. The number of ether oxygens (including phenoxy) is 1. The molecule has 3 aromatic rings. The van der Waals surface area contributed by atoms with Crippen molar-refractivity contribution in [3.8, 4) is 11.1 Å². The lowest BCUT2D eigenvalue weighted by Gasteiger charge is -2.09. The number of aryl methyl sites for hydroxylation is 1. The van der Waals surface area contributed by atoms with Gasteiger partial charge in [0.2, 0.25) is 5.91 Å². The molecule has 0 radical (unpaired) electrons. The summed E-state index contributed by atoms with van der Waals surface area (Å²) in [5.41, 5.74) is 3.09. The van der Waals surface area contributed by atoms with Crippen LogP contribution in [0.4, 0.5) is 5.00 Å². The zero-order valence-electron chi connectivity index (χ0n) is 15.3. The van der Waals surface area contributed by atoms with Gasteiger partial charge in [0, 0.05) is 10.4 Å². The predicted octanol–water partition coefficient (Wildman–Crippen LogP) is 5.08. The summed E-state index contributed by atoms with van der Waals surface area (Å²) in [4.78, 5) is 26.1. The first-order valence-electron chi connectivity index (χ1n) is 8.79. The number of carbonyl (C=O) groups excluding carboxylic acids is 2. The Morgan fingerprint density at radius 2 is 1.63 bits per heavy atom. The maximum atomic E-state index is 12.6. The molecule has 0 bridgehead atoms. The highest BCUT2D eigenvalue weighted by molar-refractivity contribution is 7.17. The van der Waals surface area contributed by atoms with Gasteiger partial charge >= 0.3 is 5.97 Å². The maximum absolute atomic E-state index is 12.6. The summed E-state index contributed by atoms with van der Waals surface area (Å²) in [5.74, 6) is -0.580. The number of hydrogen-bond acceptors (Lipinski definition) is 4. The van der Waals surface area contributed by atoms with Gasteiger partial charge in [-0.25, -0.2) is 4.79 Å². The zero-order valence-corrected chi connectivity index (χ0v) is 16.1. The van der Waals surface area contributed by atoms with Crippen LogP contribution < -0.4 is 5.32 Å². The summed E-state index contributed by atoms with van der Waals surface area (Å²) in [6.45, 7) is 3.99. The smallest absolute Gasteiger partial charge is 0.341 e. The third kappa shape index (κ3) is 4.44. The van der Waals surface area contributed by atoms with Crippen molar-refractivity contribution < 1.29 is 14.3 Å². The van der Waals surface area contributed by atoms with Gasteiger partial charge in [0.15, 0.2) is 0 Å². The highest BCUT2D eigenvalue weighted by Crippen LogP contribution is 2.40. The minimum atomic E-state index is -0.421. The molecule has 1 N–H and O–H groups in total. The highest BCUT2D eigenvalue weighted by Gasteiger charge is 2.25. The number of esters is 1. The van der Waals surface area contributed by atoms with Gasteiger partial charge in [-0.3, -0.25) is 4.79 Å². The van der Waals surface area contributed by atoms with E-state index in [0.29, 0.717) is 10.6 Å². The quantitative estimate of drug-likeness (QED) is 0.608. The summed E-state index contributed by atoms with van der Waals surface area (Å²) >= 11 is 1.40. The summed E-state index contributed by atoms with van der Waals surface area (Å²) in [6, 6.07) is 19.2. The van der Waals surface area contributed by atoms with Gasteiger partial charge in [0.1, 0.15) is 10.6 Å². The number of rotatable bonds is 6. The molecule has 0 aliphatic rings. The van der Waals surface area contributed by atoms with Gasteiger partial charge in [0.05, 0.1) is 13.0 Å². The Kier molecular flexibility index (Phi) is 6.04. The third-order valence-electron chi connectivity index (χ3n) is 4.09. The van der Waals surface area contributed by atoms with E-state index in [0.717, 1.165) is 21.6 Å². The topological polar surface area (TPSA) is 55.4 Å². The molecule has 1 amide bonds. The second kappa shape index (κ2) is 8.64. The van der Waals surface area contributed by atoms with Crippen molar-refractivity contribution in [3.63, 3.8) is 0 Å². The van der Waals surface area contributed by atoms with Crippen molar-refractivity contribution in [1.82, 2.24) is 0 Å². The van der Waals surface area contributed by atoms with Gasteiger partial charge in [-0.05, 0) is 25.0 Å². The maximum Gasteiger partial charge on any atom is 0.341 e. The normalized spacial score (nSPS) is 10.4. The van der Waals surface area contributed by atoms with Gasteiger partial charge in [-0.1, -0.05) is 60.7 Å². The van der Waals surface area contributed by atoms with E-state index in [2.05, 4.69) is 5.32 Å². The van der Waals surface area contributed by atoms with E-state index in [9.17, 15) is 9.59 Å². The first-order chi connectivity index (χ1) is 13.1. The lowest BCUT2D eigenvalue weighted by Crippen LogP contribution is -2.16. The molecule has 138 valence electrons. The Hall–Kier alpha value is -2.92. The molecule has 0 saturated heterocycles. The van der Waals surface area contributed by atoms with Crippen LogP contribution in [0.2, 0.25) is 0 Å². The fourth-order valence-corrected chi connectivity index (χ4v) is 4.02. The molecule has 0 atom stereocenters. The van der Waals surface area contributed by atoms with Gasteiger partial charge < -0.3 is 10.1 Å². The molecule has 1 aromatic heterocycles. The summed E-state index contributed by atoms with van der Waals surface area (Å²) in [5, 5.41) is 3.44. The lowest BCUT2D eigenvalue weighted by atomic mass is 10.0. The predicted molar refractivity (Wildman–Crippen MR) is 109 cm³/mol. The van der Waals surface area contributed by atoms with E-state index in [4.69, 9.17) is 4.74 Å². The van der Waals surface area contributed by atoms with Gasteiger partial charge in [-0.2, -0.15) is 0 Å². The number of thiophene rings is 1. The second-order valence-corrected chi connectivity index (χ2v) is 7.26. The van der Waals surface area contributed by atoms with Gasteiger partial charge in [0.25, 0.3) is 0 Å².